The van der Waals surface area contributed by atoms with Crippen molar-refractivity contribution in [3.05, 3.63) is 47.5 Å². The fourth-order valence-electron chi connectivity index (χ4n) is 3.50. The number of hydrogen-bond donors (Lipinski definition) is 1. The molecule has 0 radical (unpaired) electrons. The minimum atomic E-state index is -0.279. The number of methoxy groups -OCH3 is 3. The molecule has 1 fully saturated rings. The van der Waals surface area contributed by atoms with E-state index >= 15 is 0 Å². The number of ether oxygens (including phenoxy) is 3. The maximum Gasteiger partial charge on any atom is 0.258 e. The first-order valence-corrected chi connectivity index (χ1v) is 8.66. The number of nitrogens with zero attached hydrogens (tertiary/aromatic N) is 1. The fourth-order valence-corrected chi connectivity index (χ4v) is 3.50. The molecule has 2 aromatic carbocycles. The van der Waals surface area contributed by atoms with Crippen molar-refractivity contribution in [2.24, 2.45) is 0 Å². The van der Waals surface area contributed by atoms with Crippen molar-refractivity contribution in [3.63, 3.8) is 0 Å². The van der Waals surface area contributed by atoms with Crippen LogP contribution in [-0.4, -0.2) is 38.2 Å². The highest BCUT2D eigenvalue weighted by Gasteiger charge is 2.42. The Morgan fingerprint density at radius 1 is 1.00 bits per heavy atom. The molecule has 0 spiro atoms. The van der Waals surface area contributed by atoms with Gasteiger partial charge in [0.2, 0.25) is 5.75 Å². The quantitative estimate of drug-likeness (QED) is 0.891. The van der Waals surface area contributed by atoms with Gasteiger partial charge >= 0.3 is 0 Å². The smallest absolute Gasteiger partial charge is 0.258 e. The molecule has 2 aromatic rings. The van der Waals surface area contributed by atoms with Gasteiger partial charge in [0, 0.05) is 17.3 Å². The van der Waals surface area contributed by atoms with Crippen LogP contribution in [0.2, 0.25) is 0 Å². The lowest BCUT2D eigenvalue weighted by Crippen LogP contribution is -2.44. The zero-order valence-electron chi connectivity index (χ0n) is 15.1. The second-order valence-electron chi connectivity index (χ2n) is 6.49. The number of rotatable bonds is 5. The summed E-state index contributed by atoms with van der Waals surface area (Å²) in [4.78, 5) is 15.0. The highest BCUT2D eigenvalue weighted by atomic mass is 16.5. The Hall–Kier alpha value is -2.89. The molecule has 0 aromatic heterocycles. The van der Waals surface area contributed by atoms with Crippen LogP contribution in [0.3, 0.4) is 0 Å². The third-order valence-electron chi connectivity index (χ3n) is 4.91. The second kappa shape index (κ2) is 6.44. The van der Waals surface area contributed by atoms with Gasteiger partial charge in [0.05, 0.1) is 26.9 Å². The molecule has 0 unspecified atom stereocenters. The highest BCUT2D eigenvalue weighted by Crippen LogP contribution is 2.45. The summed E-state index contributed by atoms with van der Waals surface area (Å²) in [5, 5.41) is 3.51. The van der Waals surface area contributed by atoms with Gasteiger partial charge in [-0.2, -0.15) is 0 Å². The number of nitrogens with one attached hydrogen (secondary N) is 1. The summed E-state index contributed by atoms with van der Waals surface area (Å²) in [7, 11) is 4.76. The van der Waals surface area contributed by atoms with Crippen LogP contribution in [0.4, 0.5) is 5.69 Å². The summed E-state index contributed by atoms with van der Waals surface area (Å²) in [5.74, 6) is 1.75. The molecule has 6 nitrogen and oxygen atoms in total. The normalized spacial score (nSPS) is 18.8. The third kappa shape index (κ3) is 2.62. The zero-order chi connectivity index (χ0) is 18.3. The number of hydrogen-bond acceptors (Lipinski definition) is 5. The maximum atomic E-state index is 13.1. The molecule has 0 bridgehead atoms. The molecule has 1 N–H and O–H groups in total. The predicted octanol–water partition coefficient (Wildman–Crippen LogP) is 3.44. The topological polar surface area (TPSA) is 60.0 Å². The number of anilines is 1. The van der Waals surface area contributed by atoms with E-state index in [9.17, 15) is 4.79 Å². The molecule has 136 valence electrons. The van der Waals surface area contributed by atoms with Gasteiger partial charge in [-0.15, -0.1) is 0 Å². The maximum absolute atomic E-state index is 13.1. The Kier molecular flexibility index (Phi) is 4.11. The number of para-hydroxylation sites is 1. The van der Waals surface area contributed by atoms with E-state index < -0.39 is 0 Å². The Bertz CT molecular complexity index is 822. The van der Waals surface area contributed by atoms with E-state index in [1.165, 1.54) is 0 Å². The van der Waals surface area contributed by atoms with E-state index in [0.29, 0.717) is 22.8 Å². The molecule has 1 heterocycles. The van der Waals surface area contributed by atoms with Gasteiger partial charge in [-0.3, -0.25) is 4.79 Å². The molecule has 1 saturated carbocycles. The molecule has 1 aliphatic carbocycles. The molecule has 1 aliphatic heterocycles. The number of amides is 1. The second-order valence-corrected chi connectivity index (χ2v) is 6.49. The van der Waals surface area contributed by atoms with Crippen LogP contribution < -0.4 is 19.5 Å². The summed E-state index contributed by atoms with van der Waals surface area (Å²) in [6.07, 6.45) is 1.77. The lowest BCUT2D eigenvalue weighted by molar-refractivity contribution is 0.0666. The third-order valence-corrected chi connectivity index (χ3v) is 4.91. The van der Waals surface area contributed by atoms with Gasteiger partial charge in [-0.1, -0.05) is 12.1 Å². The number of fused-ring (bicyclic) bond motifs is 1. The van der Waals surface area contributed by atoms with Gasteiger partial charge < -0.3 is 24.4 Å². The number of carbonyl (C=O) groups is 1. The molecular formula is C20H22N2O4. The summed E-state index contributed by atoms with van der Waals surface area (Å²) in [6, 6.07) is 11.7. The van der Waals surface area contributed by atoms with Crippen LogP contribution in [-0.2, 0) is 0 Å². The fraction of sp³-hybridized carbons (Fsp3) is 0.350. The van der Waals surface area contributed by atoms with Gasteiger partial charge in [0.25, 0.3) is 5.91 Å². The summed E-state index contributed by atoms with van der Waals surface area (Å²) < 4.78 is 16.4. The molecule has 1 amide bonds. The van der Waals surface area contributed by atoms with E-state index in [2.05, 4.69) is 5.32 Å². The lowest BCUT2D eigenvalue weighted by atomic mass is 10.0. The van der Waals surface area contributed by atoms with Gasteiger partial charge in [0.1, 0.15) is 6.17 Å². The van der Waals surface area contributed by atoms with Crippen LogP contribution in [0, 0.1) is 0 Å². The van der Waals surface area contributed by atoms with Crippen molar-refractivity contribution in [3.8, 4) is 17.2 Å². The van der Waals surface area contributed by atoms with Gasteiger partial charge in [-0.05, 0) is 37.1 Å². The van der Waals surface area contributed by atoms with E-state index in [0.717, 1.165) is 24.1 Å². The lowest BCUT2D eigenvalue weighted by Gasteiger charge is -2.38. The van der Waals surface area contributed by atoms with E-state index in [-0.39, 0.29) is 18.1 Å². The first-order valence-electron chi connectivity index (χ1n) is 8.66. The van der Waals surface area contributed by atoms with Crippen molar-refractivity contribution in [2.45, 2.75) is 25.0 Å². The van der Waals surface area contributed by atoms with E-state index in [1.54, 1.807) is 21.3 Å². The monoisotopic (exact) mass is 354 g/mol. The highest BCUT2D eigenvalue weighted by molar-refractivity contribution is 6.02. The van der Waals surface area contributed by atoms with E-state index in [4.69, 9.17) is 14.2 Å². The zero-order valence-corrected chi connectivity index (χ0v) is 15.1. The largest absolute Gasteiger partial charge is 0.493 e. The van der Waals surface area contributed by atoms with Gasteiger partial charge in [0.15, 0.2) is 11.5 Å². The molecule has 2 aliphatic rings. The van der Waals surface area contributed by atoms with Crippen molar-refractivity contribution in [2.75, 3.05) is 26.6 Å². The van der Waals surface area contributed by atoms with Crippen LogP contribution in [0.15, 0.2) is 36.4 Å². The Morgan fingerprint density at radius 3 is 2.23 bits per heavy atom. The Labute approximate surface area is 152 Å². The average Bonchev–Trinajstić information content (AvgIpc) is 3.51. The first-order chi connectivity index (χ1) is 12.7. The van der Waals surface area contributed by atoms with Crippen molar-refractivity contribution >= 4 is 11.6 Å². The number of carbonyl (C=O) groups excluding carboxylic acids is 1. The molecule has 4 rings (SSSR count). The Balaban J connectivity index is 1.82. The summed E-state index contributed by atoms with van der Waals surface area (Å²) in [6.45, 7) is 0. The minimum Gasteiger partial charge on any atom is -0.493 e. The van der Waals surface area contributed by atoms with Crippen molar-refractivity contribution < 1.29 is 19.0 Å². The number of benzene rings is 2. The van der Waals surface area contributed by atoms with Crippen LogP contribution >= 0.6 is 0 Å². The SMILES string of the molecule is COc1cc([C@@H]2Nc3ccccc3C(=O)N2C2CC2)cc(OC)c1OC. The van der Waals surface area contributed by atoms with E-state index in [1.807, 2.05) is 41.3 Å². The van der Waals surface area contributed by atoms with Crippen molar-refractivity contribution in [1.29, 1.82) is 0 Å². The average molecular weight is 354 g/mol. The summed E-state index contributed by atoms with van der Waals surface area (Å²) in [5.41, 5.74) is 2.45. The molecule has 26 heavy (non-hydrogen) atoms. The molecule has 1 atom stereocenters. The minimum absolute atomic E-state index is 0.0561. The Morgan fingerprint density at radius 2 is 1.65 bits per heavy atom. The molecule has 0 saturated heterocycles. The standard InChI is InChI=1S/C20H22N2O4/c1-24-16-10-12(11-17(25-2)18(16)26-3)19-21-15-7-5-4-6-14(15)20(23)22(19)13-8-9-13/h4-7,10-11,13,19,21H,8-9H2,1-3H3/t19-/m1/s1. The van der Waals surface area contributed by atoms with Crippen molar-refractivity contribution in [1.82, 2.24) is 4.90 Å². The van der Waals surface area contributed by atoms with Crippen LogP contribution in [0.25, 0.3) is 0 Å². The first kappa shape index (κ1) is 16.6. The predicted molar refractivity (Wildman–Crippen MR) is 98.1 cm³/mol. The van der Waals surface area contributed by atoms with Gasteiger partial charge in [-0.25, -0.2) is 0 Å². The molecular weight excluding hydrogens is 332 g/mol. The van der Waals surface area contributed by atoms with Crippen LogP contribution in [0.5, 0.6) is 17.2 Å². The molecule has 6 heteroatoms. The van der Waals surface area contributed by atoms with Crippen LogP contribution in [0.1, 0.15) is 34.9 Å². The summed E-state index contributed by atoms with van der Waals surface area (Å²) >= 11 is 0.